The Balaban J connectivity index is 0.00000792. The number of nitrogens with one attached hydrogen (secondary N) is 1. The van der Waals surface area contributed by atoms with Crippen LogP contribution in [-0.2, 0) is 58.3 Å². The molecule has 0 fully saturated rings. The van der Waals surface area contributed by atoms with Gasteiger partial charge >= 0.3 is 14.2 Å². The van der Waals surface area contributed by atoms with Gasteiger partial charge in [-0.25, -0.2) is 4.58 Å². The molecule has 0 saturated heterocycles. The number of hydrogen-bond donors (Lipinski definition) is 3. The molecule has 1 amide bonds. The lowest BCUT2D eigenvalue weighted by molar-refractivity contribution is -0.462. The zero-order valence-corrected chi connectivity index (χ0v) is 50.2. The molecule has 0 saturated carbocycles. The standard InChI is InChI=1S/C66H75B2N5O6Si.ClH/c1-43(2)60(74)24-13-14-32-72(37-46-18-15-20-48-41-78-67(76)64(46)48)40-59-53-23-12-11-22-52(53)58(39-73(33-17-31-69-66(75)44(3)4)38-47-19-16-21-49-42-79-68(77)65(47)49)54-28-25-45(34-57(54)59)63-55-29-26-50(70(5)6)35-61(55)80(9,10)62-36-51(71(7)8)27-30-56(62)63;/h11-12,15-16,18-23,25-30,34-36,76-77H,1,3,13-14,17,24,31-33,37-42H2,2,4-10H3;1H. The van der Waals surface area contributed by atoms with Crippen LogP contribution < -0.4 is 38.7 Å². The average Bonchev–Trinajstić information content (AvgIpc) is 2.79. The van der Waals surface area contributed by atoms with E-state index in [9.17, 15) is 19.6 Å². The van der Waals surface area contributed by atoms with Crippen molar-refractivity contribution in [1.82, 2.24) is 15.1 Å². The third kappa shape index (κ3) is 12.2. The van der Waals surface area contributed by atoms with E-state index in [2.05, 4.69) is 182 Å². The molecule has 0 aromatic heterocycles. The van der Waals surface area contributed by atoms with Gasteiger partial charge in [-0.3, -0.25) is 19.4 Å². The third-order valence-electron chi connectivity index (χ3n) is 16.8. The molecular weight excluding hydrogens is 1040 g/mol. The molecule has 3 aliphatic heterocycles. The van der Waals surface area contributed by atoms with E-state index in [0.717, 1.165) is 73.1 Å². The van der Waals surface area contributed by atoms with Gasteiger partial charge in [-0.15, -0.1) is 0 Å². The number of unbranched alkanes of at least 4 members (excludes halogenated alkanes) is 1. The molecule has 418 valence electrons. The summed E-state index contributed by atoms with van der Waals surface area (Å²) >= 11 is 0. The van der Waals surface area contributed by atoms with Gasteiger partial charge in [-0.1, -0.05) is 105 Å². The number of amides is 1. The second-order valence-corrected chi connectivity index (χ2v) is 27.6. The van der Waals surface area contributed by atoms with Gasteiger partial charge in [0.05, 0.1) is 13.2 Å². The lowest BCUT2D eigenvalue weighted by atomic mass is 9.76. The fraction of sp³-hybridized carbons (Fsp3) is 0.318. The van der Waals surface area contributed by atoms with Gasteiger partial charge < -0.3 is 42.0 Å². The number of hydrogen-bond acceptors (Lipinski definition) is 9. The second-order valence-electron chi connectivity index (χ2n) is 23.3. The number of carbonyl (C=O) groups excluding carboxylic acids is 2. The third-order valence-corrected chi connectivity index (χ3v) is 20.3. The Morgan fingerprint density at radius 1 is 0.704 bits per heavy atom. The summed E-state index contributed by atoms with van der Waals surface area (Å²) in [5.41, 5.74) is 16.5. The molecule has 6 aromatic carbocycles. The number of halogens is 1. The van der Waals surface area contributed by atoms with Crippen LogP contribution in [0.15, 0.2) is 150 Å². The van der Waals surface area contributed by atoms with Crippen molar-refractivity contribution in [2.24, 2.45) is 0 Å². The minimum absolute atomic E-state index is 0. The van der Waals surface area contributed by atoms with Gasteiger partial charge in [0, 0.05) is 83.2 Å². The molecule has 0 radical (unpaired) electrons. The maximum absolute atomic E-state index is 12.9. The fourth-order valence-corrected chi connectivity index (χ4v) is 15.5. The molecule has 10 rings (SSSR count). The summed E-state index contributed by atoms with van der Waals surface area (Å²) in [5, 5.41) is 32.9. The summed E-state index contributed by atoms with van der Waals surface area (Å²) in [6, 6.07) is 35.4. The molecule has 3 heterocycles. The first kappa shape index (κ1) is 59.2. The van der Waals surface area contributed by atoms with E-state index in [1.54, 1.807) is 13.8 Å². The minimum Gasteiger partial charge on any atom is -1.00 e. The predicted octanol–water partition coefficient (Wildman–Crippen LogP) is 5.38. The van der Waals surface area contributed by atoms with Crippen molar-refractivity contribution >= 4 is 88.6 Å². The monoisotopic (exact) mass is 1120 g/mol. The van der Waals surface area contributed by atoms with Crippen LogP contribution in [0, 0.1) is 0 Å². The fourth-order valence-electron chi connectivity index (χ4n) is 12.4. The van der Waals surface area contributed by atoms with E-state index in [1.165, 1.54) is 49.6 Å². The van der Waals surface area contributed by atoms with Gasteiger partial charge in [0.15, 0.2) is 11.5 Å². The van der Waals surface area contributed by atoms with E-state index >= 15 is 0 Å². The van der Waals surface area contributed by atoms with Crippen molar-refractivity contribution in [1.29, 1.82) is 0 Å². The first-order valence-electron chi connectivity index (χ1n) is 28.2. The van der Waals surface area contributed by atoms with E-state index in [-0.39, 0.29) is 24.1 Å². The van der Waals surface area contributed by atoms with Crippen LogP contribution in [0.5, 0.6) is 0 Å². The number of allylic oxidation sites excluding steroid dienone is 6. The van der Waals surface area contributed by atoms with Crippen LogP contribution in [0.1, 0.15) is 84.0 Å². The molecule has 11 nitrogen and oxygen atoms in total. The summed E-state index contributed by atoms with van der Waals surface area (Å²) in [7, 11) is 4.23. The lowest BCUT2D eigenvalue weighted by Gasteiger charge is -2.38. The number of benzene rings is 6. The number of nitrogens with zero attached hydrogens (tertiary/aromatic N) is 4. The quantitative estimate of drug-likeness (QED) is 0.0288. The average molecular weight is 1120 g/mol. The number of ketones is 1. The smallest absolute Gasteiger partial charge is 0.492 e. The molecular formula is C66H76B2ClN5O6Si. The SMILES string of the molecule is C=C(C)C(=O)CCCCN(Cc1cccc2c1B(O)OC2)Cc1c2ccccc2c(CN(CCCNC(=O)C(=C)C)Cc2cccc3c2B(O)OC3)c2ccc(C3=C4C=CC(=[N+](C)C)C=C4[Si](C)(C)c4cc(N(C)C)ccc43)cc12.[Cl-]. The molecule has 0 unspecified atom stereocenters. The Bertz CT molecular complexity index is 3620. The molecule has 3 N–H and O–H groups in total. The van der Waals surface area contributed by atoms with Crippen LogP contribution in [0.25, 0.3) is 27.1 Å². The van der Waals surface area contributed by atoms with E-state index < -0.39 is 22.3 Å². The van der Waals surface area contributed by atoms with Gasteiger partial charge in [-0.05, 0) is 168 Å². The van der Waals surface area contributed by atoms with Gasteiger partial charge in [-0.2, -0.15) is 0 Å². The zero-order chi connectivity index (χ0) is 56.6. The maximum Gasteiger partial charge on any atom is 0.492 e. The van der Waals surface area contributed by atoms with Crippen LogP contribution >= 0.6 is 0 Å². The summed E-state index contributed by atoms with van der Waals surface area (Å²) in [6.45, 7) is 21.2. The molecule has 1 aliphatic carbocycles. The van der Waals surface area contributed by atoms with Crippen molar-refractivity contribution in [2.45, 2.75) is 92.0 Å². The van der Waals surface area contributed by atoms with Crippen LogP contribution in [0.2, 0.25) is 13.1 Å². The summed E-state index contributed by atoms with van der Waals surface area (Å²) in [5.74, 6) is -0.0604. The topological polar surface area (TPSA) is 118 Å². The van der Waals surface area contributed by atoms with Gasteiger partial charge in [0.1, 0.15) is 22.2 Å². The normalized spacial score (nSPS) is 15.0. The van der Waals surface area contributed by atoms with Crippen LogP contribution in [0.3, 0.4) is 0 Å². The molecule has 4 aliphatic rings. The molecule has 15 heteroatoms. The van der Waals surface area contributed by atoms with Crippen molar-refractivity contribution < 1.29 is 45.9 Å². The predicted molar refractivity (Wildman–Crippen MR) is 332 cm³/mol. The number of rotatable bonds is 21. The van der Waals surface area contributed by atoms with E-state index in [0.29, 0.717) is 83.0 Å². The number of anilines is 1. The van der Waals surface area contributed by atoms with Crippen LogP contribution in [0.4, 0.5) is 5.69 Å². The van der Waals surface area contributed by atoms with E-state index in [4.69, 9.17) is 9.31 Å². The van der Waals surface area contributed by atoms with Crippen molar-refractivity contribution in [3.63, 3.8) is 0 Å². The second kappa shape index (κ2) is 25.0. The van der Waals surface area contributed by atoms with Crippen LogP contribution in [-0.4, -0.2) is 112 Å². The van der Waals surface area contributed by atoms with Gasteiger partial charge in [0.2, 0.25) is 5.91 Å². The number of fused-ring (bicyclic) bond motifs is 6. The highest BCUT2D eigenvalue weighted by atomic mass is 35.5. The van der Waals surface area contributed by atoms with Crippen molar-refractivity contribution in [3.8, 4) is 0 Å². The minimum atomic E-state index is -2.25. The van der Waals surface area contributed by atoms with Crippen molar-refractivity contribution in [2.75, 3.05) is 52.7 Å². The first-order chi connectivity index (χ1) is 38.4. The zero-order valence-electron chi connectivity index (χ0n) is 48.4. The highest BCUT2D eigenvalue weighted by Gasteiger charge is 2.41. The highest BCUT2D eigenvalue weighted by molar-refractivity contribution is 6.98. The number of carbonyl (C=O) groups is 2. The molecule has 0 bridgehead atoms. The lowest BCUT2D eigenvalue weighted by Crippen LogP contribution is -3.00. The Kier molecular flexibility index (Phi) is 18.2. The Morgan fingerprint density at radius 2 is 1.30 bits per heavy atom. The summed E-state index contributed by atoms with van der Waals surface area (Å²) in [4.78, 5) is 32.7. The van der Waals surface area contributed by atoms with E-state index in [1.807, 2.05) is 12.1 Å². The largest absolute Gasteiger partial charge is 1.00 e. The number of Topliss-reactive ketones (excluding diaryl/α,β-unsaturated/α-hetero) is 1. The highest BCUT2D eigenvalue weighted by Crippen LogP contribution is 2.44. The van der Waals surface area contributed by atoms with Crippen molar-refractivity contribution in [3.05, 3.63) is 195 Å². The molecule has 6 aromatic rings. The summed E-state index contributed by atoms with van der Waals surface area (Å²) in [6.07, 6.45) is 9.71. The molecule has 0 spiro atoms. The molecule has 81 heavy (non-hydrogen) atoms. The Labute approximate surface area is 486 Å². The molecule has 0 atom stereocenters. The Morgan fingerprint density at radius 3 is 1.88 bits per heavy atom. The Hall–Kier alpha value is -6.45. The summed E-state index contributed by atoms with van der Waals surface area (Å²) < 4.78 is 13.8. The maximum atomic E-state index is 12.9. The van der Waals surface area contributed by atoms with Gasteiger partial charge in [0.25, 0.3) is 0 Å². The first-order valence-corrected chi connectivity index (χ1v) is 31.2.